The van der Waals surface area contributed by atoms with Crippen LogP contribution in [-0.2, 0) is 0 Å². The van der Waals surface area contributed by atoms with Gasteiger partial charge in [0.05, 0.1) is 10.7 Å². The zero-order chi connectivity index (χ0) is 19.7. The predicted molar refractivity (Wildman–Crippen MR) is 115 cm³/mol. The fourth-order valence-electron chi connectivity index (χ4n) is 3.54. The van der Waals surface area contributed by atoms with E-state index in [0.717, 1.165) is 60.0 Å². The van der Waals surface area contributed by atoms with Gasteiger partial charge in [0.25, 0.3) is 0 Å². The SMILES string of the molecule is CCCN(CCC)c1c(C(C)C)nn2c(-c3ccc(Cl)cc3Cl)c(C)oc12. The van der Waals surface area contributed by atoms with E-state index in [-0.39, 0.29) is 0 Å². The first-order valence-corrected chi connectivity index (χ1v) is 10.4. The third-order valence-electron chi connectivity index (χ3n) is 4.68. The Kier molecular flexibility index (Phi) is 6.07. The van der Waals surface area contributed by atoms with Crippen LogP contribution >= 0.6 is 23.2 Å². The van der Waals surface area contributed by atoms with Gasteiger partial charge >= 0.3 is 0 Å². The van der Waals surface area contributed by atoms with Gasteiger partial charge in [-0.3, -0.25) is 0 Å². The second kappa shape index (κ2) is 8.15. The van der Waals surface area contributed by atoms with Gasteiger partial charge in [0.15, 0.2) is 0 Å². The molecule has 6 heteroatoms. The van der Waals surface area contributed by atoms with Crippen LogP contribution in [0.15, 0.2) is 22.6 Å². The van der Waals surface area contributed by atoms with Crippen LogP contribution in [0.3, 0.4) is 0 Å². The van der Waals surface area contributed by atoms with Crippen LogP contribution in [-0.4, -0.2) is 22.7 Å². The molecule has 0 amide bonds. The third kappa shape index (κ3) is 3.70. The van der Waals surface area contributed by atoms with Gasteiger partial charge in [-0.1, -0.05) is 50.9 Å². The number of anilines is 1. The van der Waals surface area contributed by atoms with E-state index in [1.54, 1.807) is 6.07 Å². The summed E-state index contributed by atoms with van der Waals surface area (Å²) in [6.07, 6.45) is 2.15. The van der Waals surface area contributed by atoms with E-state index in [0.29, 0.717) is 16.0 Å². The Balaban J connectivity index is 2.27. The van der Waals surface area contributed by atoms with Crippen molar-refractivity contribution in [3.63, 3.8) is 0 Å². The Morgan fingerprint density at radius 1 is 1.15 bits per heavy atom. The number of nitrogens with zero attached hydrogens (tertiary/aromatic N) is 3. The maximum atomic E-state index is 6.49. The van der Waals surface area contributed by atoms with E-state index in [4.69, 9.17) is 32.7 Å². The average Bonchev–Trinajstić information content (AvgIpc) is 3.10. The molecule has 0 spiro atoms. The van der Waals surface area contributed by atoms with E-state index in [1.165, 1.54) is 0 Å². The summed E-state index contributed by atoms with van der Waals surface area (Å²) < 4.78 is 8.15. The van der Waals surface area contributed by atoms with E-state index >= 15 is 0 Å². The van der Waals surface area contributed by atoms with Crippen molar-refractivity contribution in [3.05, 3.63) is 39.7 Å². The topological polar surface area (TPSA) is 33.7 Å². The number of aryl methyl sites for hydroxylation is 1. The van der Waals surface area contributed by atoms with Crippen molar-refractivity contribution in [1.82, 2.24) is 9.61 Å². The maximum Gasteiger partial charge on any atom is 0.246 e. The lowest BCUT2D eigenvalue weighted by molar-refractivity contribution is 0.570. The molecular weight excluding hydrogens is 381 g/mol. The predicted octanol–water partition coefficient (Wildman–Crippen LogP) is 6.96. The lowest BCUT2D eigenvalue weighted by Crippen LogP contribution is -2.25. The smallest absolute Gasteiger partial charge is 0.246 e. The lowest BCUT2D eigenvalue weighted by Gasteiger charge is -2.23. The van der Waals surface area contributed by atoms with Gasteiger partial charge < -0.3 is 9.32 Å². The summed E-state index contributed by atoms with van der Waals surface area (Å²) >= 11 is 12.6. The van der Waals surface area contributed by atoms with Crippen molar-refractivity contribution < 1.29 is 4.42 Å². The highest BCUT2D eigenvalue weighted by Crippen LogP contribution is 2.39. The van der Waals surface area contributed by atoms with Crippen LogP contribution in [0.5, 0.6) is 0 Å². The molecule has 27 heavy (non-hydrogen) atoms. The van der Waals surface area contributed by atoms with Crippen molar-refractivity contribution in [1.29, 1.82) is 0 Å². The van der Waals surface area contributed by atoms with Crippen molar-refractivity contribution in [2.45, 2.75) is 53.4 Å². The van der Waals surface area contributed by atoms with E-state index in [1.807, 2.05) is 23.6 Å². The van der Waals surface area contributed by atoms with Crippen molar-refractivity contribution in [3.8, 4) is 11.3 Å². The van der Waals surface area contributed by atoms with Crippen LogP contribution in [0.4, 0.5) is 5.69 Å². The van der Waals surface area contributed by atoms with Gasteiger partial charge in [-0.25, -0.2) is 0 Å². The first-order chi connectivity index (χ1) is 12.9. The summed E-state index contributed by atoms with van der Waals surface area (Å²) in [4.78, 5) is 2.40. The molecule has 0 saturated heterocycles. The van der Waals surface area contributed by atoms with E-state index in [9.17, 15) is 0 Å². The minimum Gasteiger partial charge on any atom is -0.440 e. The van der Waals surface area contributed by atoms with Gasteiger partial charge in [-0.15, -0.1) is 0 Å². The first kappa shape index (κ1) is 20.1. The number of hydrogen-bond donors (Lipinski definition) is 0. The third-order valence-corrected chi connectivity index (χ3v) is 5.22. The lowest BCUT2D eigenvalue weighted by atomic mass is 10.1. The Bertz CT molecular complexity index is 937. The van der Waals surface area contributed by atoms with Gasteiger partial charge in [-0.2, -0.15) is 9.61 Å². The molecule has 0 bridgehead atoms. The number of oxazole rings is 1. The largest absolute Gasteiger partial charge is 0.440 e. The maximum absolute atomic E-state index is 6.49. The van der Waals surface area contributed by atoms with Crippen molar-refractivity contribution in [2.24, 2.45) is 0 Å². The molecule has 0 atom stereocenters. The van der Waals surface area contributed by atoms with Crippen LogP contribution in [0.1, 0.15) is 57.9 Å². The first-order valence-electron chi connectivity index (χ1n) is 9.61. The second-order valence-electron chi connectivity index (χ2n) is 7.22. The molecule has 1 aromatic carbocycles. The van der Waals surface area contributed by atoms with Crippen LogP contribution in [0.25, 0.3) is 17.0 Å². The highest BCUT2D eigenvalue weighted by Gasteiger charge is 2.27. The molecule has 0 aliphatic rings. The zero-order valence-electron chi connectivity index (χ0n) is 16.6. The summed E-state index contributed by atoms with van der Waals surface area (Å²) in [6.45, 7) is 12.6. The average molecular weight is 408 g/mol. The molecule has 4 nitrogen and oxygen atoms in total. The normalized spacial score (nSPS) is 11.7. The van der Waals surface area contributed by atoms with Gasteiger partial charge in [0.2, 0.25) is 5.71 Å². The van der Waals surface area contributed by atoms with E-state index < -0.39 is 0 Å². The molecule has 2 aromatic heterocycles. The van der Waals surface area contributed by atoms with Gasteiger partial charge in [0.1, 0.15) is 17.1 Å². The second-order valence-corrected chi connectivity index (χ2v) is 8.07. The van der Waals surface area contributed by atoms with Gasteiger partial charge in [-0.05, 0) is 43.9 Å². The summed E-state index contributed by atoms with van der Waals surface area (Å²) in [5.74, 6) is 1.09. The molecule has 3 aromatic rings. The highest BCUT2D eigenvalue weighted by molar-refractivity contribution is 6.36. The Morgan fingerprint density at radius 3 is 2.37 bits per heavy atom. The minimum atomic E-state index is 0.292. The molecule has 2 heterocycles. The molecular formula is C21H27Cl2N3O. The van der Waals surface area contributed by atoms with Crippen LogP contribution < -0.4 is 4.90 Å². The number of halogens is 2. The number of benzene rings is 1. The van der Waals surface area contributed by atoms with Crippen LogP contribution in [0, 0.1) is 6.92 Å². The number of fused-ring (bicyclic) bond motifs is 1. The zero-order valence-corrected chi connectivity index (χ0v) is 18.2. The molecule has 0 aliphatic heterocycles. The summed E-state index contributed by atoms with van der Waals surface area (Å²) in [5.41, 5.74) is 4.71. The fourth-order valence-corrected chi connectivity index (χ4v) is 4.04. The fraction of sp³-hybridized carbons (Fsp3) is 0.476. The quantitative estimate of drug-likeness (QED) is 0.424. The van der Waals surface area contributed by atoms with Gasteiger partial charge in [0, 0.05) is 23.7 Å². The molecule has 0 saturated carbocycles. The number of rotatable bonds is 7. The molecule has 0 unspecified atom stereocenters. The molecule has 0 radical (unpaired) electrons. The Morgan fingerprint density at radius 2 is 1.81 bits per heavy atom. The minimum absolute atomic E-state index is 0.292. The van der Waals surface area contributed by atoms with Crippen molar-refractivity contribution in [2.75, 3.05) is 18.0 Å². The summed E-state index contributed by atoms with van der Waals surface area (Å²) in [6, 6.07) is 5.52. The molecule has 0 N–H and O–H groups in total. The van der Waals surface area contributed by atoms with Crippen LogP contribution in [0.2, 0.25) is 10.0 Å². The van der Waals surface area contributed by atoms with Crippen molar-refractivity contribution >= 4 is 34.6 Å². The monoisotopic (exact) mass is 407 g/mol. The molecule has 3 rings (SSSR count). The van der Waals surface area contributed by atoms with E-state index in [2.05, 4.69) is 32.6 Å². The summed E-state index contributed by atoms with van der Waals surface area (Å²) in [5, 5.41) is 6.15. The summed E-state index contributed by atoms with van der Waals surface area (Å²) in [7, 11) is 0. The molecule has 0 aliphatic carbocycles. The molecule has 0 fully saturated rings. The number of hydrogen-bond acceptors (Lipinski definition) is 3. The highest BCUT2D eigenvalue weighted by atomic mass is 35.5. The number of aromatic nitrogens is 2. The Labute approximate surface area is 171 Å². The standard InChI is InChI=1S/C21H27Cl2N3O/c1-6-10-25(11-7-2)20-18(13(3)4)24-26-19(14(5)27-21(20)26)16-9-8-15(22)12-17(16)23/h8-9,12-13H,6-7,10-11H2,1-5H3. The molecule has 146 valence electrons. The Hall–Kier alpha value is -1.65.